The Morgan fingerprint density at radius 3 is 0.738 bits per heavy atom. The van der Waals surface area contributed by atoms with Crippen LogP contribution >= 0.6 is 0 Å². The molecule has 122 heavy (non-hydrogen) atoms. The molecule has 0 radical (unpaired) electrons. The zero-order valence-corrected chi connectivity index (χ0v) is 70.9. The van der Waals surface area contributed by atoms with Crippen LogP contribution in [-0.2, 0) is 47.8 Å². The fourth-order valence-corrected chi connectivity index (χ4v) is 16.4. The minimum absolute atomic E-state index is 0.157. The number of rotatable bonds is 26. The third-order valence-corrected chi connectivity index (χ3v) is 22.9. The predicted molar refractivity (Wildman–Crippen MR) is 486 cm³/mol. The third kappa shape index (κ3) is 16.6. The van der Waals surface area contributed by atoms with Crippen LogP contribution < -0.4 is 39.4 Å². The van der Waals surface area contributed by atoms with Crippen molar-refractivity contribution in [2.24, 2.45) is 0 Å². The van der Waals surface area contributed by atoms with E-state index in [2.05, 4.69) is 123 Å². The molecule has 0 saturated heterocycles. The molecule has 2 aliphatic heterocycles. The van der Waals surface area contributed by atoms with Gasteiger partial charge < -0.3 is 29.6 Å². The van der Waals surface area contributed by atoms with Crippen LogP contribution in [0, 0.1) is 0 Å². The summed E-state index contributed by atoms with van der Waals surface area (Å²) in [5.41, 5.74) is 9.89. The third-order valence-electron chi connectivity index (χ3n) is 22.9. The second-order valence-electron chi connectivity index (χ2n) is 35.7. The lowest BCUT2D eigenvalue weighted by atomic mass is 9.80. The van der Waals surface area contributed by atoms with Crippen molar-refractivity contribution in [1.82, 2.24) is 29.7 Å². The topological polar surface area (TPSA) is 194 Å². The molecule has 0 unspecified atom stereocenters. The normalized spacial score (nSPS) is 13.2. The number of carbonyl (C=O) groups excluding carboxylic acids is 4. The van der Waals surface area contributed by atoms with E-state index in [9.17, 15) is 0 Å². The average molecular weight is 1620 g/mol. The van der Waals surface area contributed by atoms with Gasteiger partial charge in [0, 0.05) is 132 Å². The van der Waals surface area contributed by atoms with Crippen LogP contribution in [0.25, 0.3) is 43.1 Å². The Bertz CT molecular complexity index is 5690. The molecule has 4 aromatic heterocycles. The summed E-state index contributed by atoms with van der Waals surface area (Å²) >= 11 is 0. The maximum absolute atomic E-state index is 16.5. The molecule has 0 bridgehead atoms. The van der Waals surface area contributed by atoms with Crippen molar-refractivity contribution in [3.63, 3.8) is 0 Å². The molecule has 2 aliphatic rings. The van der Waals surface area contributed by atoms with Crippen molar-refractivity contribution in [2.45, 2.75) is 131 Å². The molecule has 11 aromatic carbocycles. The van der Waals surface area contributed by atoms with Crippen LogP contribution in [0.2, 0.25) is 0 Å². The number of hydrogen-bond acceptors (Lipinski definition) is 16. The number of benzene rings is 11. The van der Waals surface area contributed by atoms with E-state index in [1.807, 2.05) is 194 Å². The predicted octanol–water partition coefficient (Wildman–Crippen LogP) is 23.5. The van der Waals surface area contributed by atoms with Gasteiger partial charge in [-0.2, -0.15) is 0 Å². The van der Waals surface area contributed by atoms with Gasteiger partial charge in [-0.3, -0.25) is 48.9 Å². The molecular formula is C104H98N10O8. The summed E-state index contributed by atoms with van der Waals surface area (Å²) in [7, 11) is 0. The molecule has 0 atom stereocenters. The Morgan fingerprint density at radius 1 is 0.287 bits per heavy atom. The number of fused-ring (bicyclic) bond motifs is 2. The standard InChI is InChI=1S/C104H98N10O8/c1-101(2,3)65-25-41-77(42-26-65)119-85-57-81-89-82(98(116)113(97(81)115)75-37-33-69(34-38-75)109-53-55-111(61-71-21-13-17-49-105-71)62-72-22-14-18-50-106-72)59-87(121-79-45-29-67(30-46-79)103(7,8)9)93-94-88(122-80-47-31-68(32-48-80)104(10,11)12)60-84-90-83(58-86(92(96(90)94)91(85)95(89)93)120-78-43-27-66(28-44-78)102(4,5)6)99(117)114(100(84)118)76-39-35-70(36-40-76)110-54-56-112(63-73-23-15-19-51-107-73)64-74-24-16-20-52-108-74/h13-52,57-60,109-110H,53-56,61-64H2,1-12H3. The lowest BCUT2D eigenvalue weighted by Gasteiger charge is -2.32. The van der Waals surface area contributed by atoms with E-state index in [4.69, 9.17) is 18.9 Å². The summed E-state index contributed by atoms with van der Waals surface area (Å²) in [6, 6.07) is 76.7. The number of nitrogens with one attached hydrogen (secondary N) is 2. The molecule has 18 heteroatoms. The van der Waals surface area contributed by atoms with E-state index in [0.29, 0.717) is 130 Å². The van der Waals surface area contributed by atoms with Crippen LogP contribution in [0.1, 0.15) is 170 Å². The number of aromatic nitrogens is 4. The van der Waals surface area contributed by atoms with Crippen molar-refractivity contribution in [3.8, 4) is 46.0 Å². The van der Waals surface area contributed by atoms with Crippen LogP contribution in [0.3, 0.4) is 0 Å². The van der Waals surface area contributed by atoms with Gasteiger partial charge in [-0.05, 0) is 214 Å². The molecular weight excluding hydrogens is 1520 g/mol. The summed E-state index contributed by atoms with van der Waals surface area (Å²) < 4.78 is 29.8. The second kappa shape index (κ2) is 32.8. The molecule has 6 heterocycles. The molecule has 17 rings (SSSR count). The molecule has 4 amide bonds. The SMILES string of the molecule is CC(C)(C)c1ccc(Oc2cc3c4c(cc(Oc5ccc(C(C)(C)C)cc5)c5c6c(Oc7ccc(C(C)(C)C)cc7)cc7c8c(cc(Oc9ccc(C(C)(C)C)cc9)c(c2c45)c86)C(=O)N(c2ccc(NCCN(Cc4ccccn4)Cc4ccccn4)cc2)C7=O)C(=O)N(c2ccc(NCCN(Cc4ccccn4)Cc4ccccn4)cc2)C3=O)cc1. The van der Waals surface area contributed by atoms with Gasteiger partial charge in [0.25, 0.3) is 23.6 Å². The molecule has 15 aromatic rings. The van der Waals surface area contributed by atoms with Gasteiger partial charge in [0.05, 0.1) is 56.4 Å². The number of imide groups is 2. The second-order valence-corrected chi connectivity index (χ2v) is 35.7. The van der Waals surface area contributed by atoms with E-state index in [-0.39, 0.29) is 66.9 Å². The van der Waals surface area contributed by atoms with E-state index in [0.717, 1.165) is 56.4 Å². The monoisotopic (exact) mass is 1610 g/mol. The quantitative estimate of drug-likeness (QED) is 0.0295. The Morgan fingerprint density at radius 2 is 0.525 bits per heavy atom. The van der Waals surface area contributed by atoms with Gasteiger partial charge >= 0.3 is 0 Å². The first kappa shape index (κ1) is 80.7. The molecule has 0 aliphatic carbocycles. The first-order valence-electron chi connectivity index (χ1n) is 41.6. The first-order chi connectivity index (χ1) is 58.6. The summed E-state index contributed by atoms with van der Waals surface area (Å²) in [6.07, 6.45) is 7.20. The zero-order valence-electron chi connectivity index (χ0n) is 70.9. The largest absolute Gasteiger partial charge is 0.457 e. The number of hydrogen-bond donors (Lipinski definition) is 2. The highest BCUT2D eigenvalue weighted by Crippen LogP contribution is 2.59. The Hall–Kier alpha value is -13.7. The Balaban J connectivity index is 0.863. The first-order valence-corrected chi connectivity index (χ1v) is 41.6. The molecule has 0 spiro atoms. The fraction of sp³-hybridized carbons (Fsp3) is 0.231. The maximum atomic E-state index is 16.5. The minimum atomic E-state index is -0.610. The lowest BCUT2D eigenvalue weighted by Crippen LogP contribution is -2.40. The number of carbonyl (C=O) groups is 4. The van der Waals surface area contributed by atoms with Crippen molar-refractivity contribution >= 4 is 89.5 Å². The van der Waals surface area contributed by atoms with E-state index in [1.165, 1.54) is 9.80 Å². The Kier molecular flexibility index (Phi) is 21.7. The van der Waals surface area contributed by atoms with Gasteiger partial charge in [-0.15, -0.1) is 0 Å². The summed E-state index contributed by atoms with van der Waals surface area (Å²) in [4.78, 5) is 91.4. The average Bonchev–Trinajstić information content (AvgIpc) is 0.669. The van der Waals surface area contributed by atoms with Gasteiger partial charge in [0.1, 0.15) is 46.0 Å². The van der Waals surface area contributed by atoms with Crippen LogP contribution in [0.4, 0.5) is 22.7 Å². The van der Waals surface area contributed by atoms with Crippen LogP contribution in [0.15, 0.2) is 267 Å². The van der Waals surface area contributed by atoms with Gasteiger partial charge in [-0.1, -0.05) is 156 Å². The smallest absolute Gasteiger partial charge is 0.266 e. The summed E-state index contributed by atoms with van der Waals surface area (Å²) in [5, 5.41) is 10.2. The van der Waals surface area contributed by atoms with Crippen molar-refractivity contribution in [2.75, 3.05) is 46.6 Å². The molecule has 0 saturated carbocycles. The number of ether oxygens (including phenoxy) is 4. The van der Waals surface area contributed by atoms with E-state index in [1.54, 1.807) is 73.3 Å². The highest BCUT2D eigenvalue weighted by Gasteiger charge is 2.43. The highest BCUT2D eigenvalue weighted by molar-refractivity contribution is 6.48. The number of nitrogens with zero attached hydrogens (tertiary/aromatic N) is 8. The molecule has 18 nitrogen and oxygen atoms in total. The van der Waals surface area contributed by atoms with Crippen molar-refractivity contribution in [1.29, 1.82) is 0 Å². The zero-order chi connectivity index (χ0) is 84.9. The minimum Gasteiger partial charge on any atom is -0.457 e. The summed E-state index contributed by atoms with van der Waals surface area (Å²) in [5.74, 6) is 0.122. The molecule has 0 fully saturated rings. The Labute approximate surface area is 711 Å². The van der Waals surface area contributed by atoms with Gasteiger partial charge in [-0.25, -0.2) is 9.80 Å². The summed E-state index contributed by atoms with van der Waals surface area (Å²) in [6.45, 7) is 30.6. The van der Waals surface area contributed by atoms with E-state index >= 15 is 19.2 Å². The fourth-order valence-electron chi connectivity index (χ4n) is 16.4. The molecule has 612 valence electrons. The van der Waals surface area contributed by atoms with Gasteiger partial charge in [0.2, 0.25) is 0 Å². The number of amides is 4. The number of pyridine rings is 4. The maximum Gasteiger partial charge on any atom is 0.266 e. The van der Waals surface area contributed by atoms with Crippen molar-refractivity contribution < 1.29 is 38.1 Å². The highest BCUT2D eigenvalue weighted by atomic mass is 16.5. The van der Waals surface area contributed by atoms with Gasteiger partial charge in [0.15, 0.2) is 0 Å². The van der Waals surface area contributed by atoms with E-state index < -0.39 is 23.6 Å². The number of anilines is 4. The molecule has 2 N–H and O–H groups in total. The van der Waals surface area contributed by atoms with Crippen LogP contribution in [0.5, 0.6) is 46.0 Å². The lowest BCUT2D eigenvalue weighted by molar-refractivity contribution is 0.0877. The van der Waals surface area contributed by atoms with Crippen molar-refractivity contribution in [3.05, 3.63) is 335 Å². The van der Waals surface area contributed by atoms with Crippen LogP contribution in [-0.4, -0.2) is 79.5 Å².